The smallest absolute Gasteiger partial charge is 0.251 e. The minimum absolute atomic E-state index is 0.0659. The molecule has 17 heavy (non-hydrogen) atoms. The van der Waals surface area contributed by atoms with Crippen LogP contribution < -0.4 is 10.9 Å². The van der Waals surface area contributed by atoms with Gasteiger partial charge in [0.25, 0.3) is 5.56 Å². The lowest BCUT2D eigenvalue weighted by Gasteiger charge is -2.08. The average molecular weight is 255 g/mol. The zero-order chi connectivity index (χ0) is 12.7. The molecule has 1 atom stereocenters. The molecule has 0 aliphatic heterocycles. The Labute approximate surface area is 107 Å². The predicted octanol–water partition coefficient (Wildman–Crippen LogP) is 1.95. The number of nitrogens with one attached hydrogen (secondary N) is 2. The van der Waals surface area contributed by atoms with E-state index >= 15 is 0 Å². The van der Waals surface area contributed by atoms with Gasteiger partial charge >= 0.3 is 0 Å². The van der Waals surface area contributed by atoms with Crippen molar-refractivity contribution in [1.29, 1.82) is 0 Å². The molecule has 0 spiro atoms. The highest BCUT2D eigenvalue weighted by Crippen LogP contribution is 2.14. The Kier molecular flexibility index (Phi) is 6.29. The molecule has 0 saturated heterocycles. The maximum absolute atomic E-state index is 11.2. The van der Waals surface area contributed by atoms with Gasteiger partial charge in [-0.3, -0.25) is 4.79 Å². The number of rotatable bonds is 7. The summed E-state index contributed by atoms with van der Waals surface area (Å²) in [6, 6.07) is 2.09. The van der Waals surface area contributed by atoms with Crippen LogP contribution in [0.15, 0.2) is 16.0 Å². The van der Waals surface area contributed by atoms with Crippen molar-refractivity contribution in [3.05, 3.63) is 22.1 Å². The number of aryl methyl sites for hydroxylation is 1. The van der Waals surface area contributed by atoms with Gasteiger partial charge in [-0.2, -0.15) is 0 Å². The Morgan fingerprint density at radius 2 is 2.29 bits per heavy atom. The minimum atomic E-state index is -0.0659. The van der Waals surface area contributed by atoms with Crippen LogP contribution in [-0.2, 0) is 0 Å². The van der Waals surface area contributed by atoms with Gasteiger partial charge in [0.05, 0.1) is 0 Å². The van der Waals surface area contributed by atoms with Gasteiger partial charge in [0, 0.05) is 23.6 Å². The van der Waals surface area contributed by atoms with Crippen molar-refractivity contribution in [3.8, 4) is 0 Å². The Bertz CT molecular complexity index is 392. The molecular weight excluding hydrogens is 234 g/mol. The van der Waals surface area contributed by atoms with E-state index in [1.807, 2.05) is 14.0 Å². The normalized spacial score (nSPS) is 12.6. The highest BCUT2D eigenvalue weighted by molar-refractivity contribution is 7.99. The molecule has 0 saturated carbocycles. The SMILES string of the molecule is CNC(C)CCCCSc1nc(C)cc(=O)[nH]1. The van der Waals surface area contributed by atoms with Crippen molar-refractivity contribution in [1.82, 2.24) is 15.3 Å². The summed E-state index contributed by atoms with van der Waals surface area (Å²) in [6.07, 6.45) is 3.54. The predicted molar refractivity (Wildman–Crippen MR) is 72.7 cm³/mol. The number of aromatic amines is 1. The van der Waals surface area contributed by atoms with E-state index in [4.69, 9.17) is 0 Å². The van der Waals surface area contributed by atoms with Crippen LogP contribution in [0.4, 0.5) is 0 Å². The van der Waals surface area contributed by atoms with Gasteiger partial charge in [-0.25, -0.2) is 4.98 Å². The number of aromatic nitrogens is 2. The van der Waals surface area contributed by atoms with Gasteiger partial charge in [-0.1, -0.05) is 18.2 Å². The van der Waals surface area contributed by atoms with Crippen molar-refractivity contribution < 1.29 is 0 Å². The molecule has 0 aromatic carbocycles. The Balaban J connectivity index is 2.24. The van der Waals surface area contributed by atoms with Crippen LogP contribution in [0, 0.1) is 6.92 Å². The third-order valence-electron chi connectivity index (χ3n) is 2.61. The van der Waals surface area contributed by atoms with Crippen molar-refractivity contribution in [3.63, 3.8) is 0 Å². The summed E-state index contributed by atoms with van der Waals surface area (Å²) >= 11 is 1.62. The Morgan fingerprint density at radius 3 is 2.94 bits per heavy atom. The van der Waals surface area contributed by atoms with E-state index in [1.54, 1.807) is 11.8 Å². The van der Waals surface area contributed by atoms with E-state index in [0.717, 1.165) is 23.0 Å². The molecule has 1 aromatic heterocycles. The number of unbranched alkanes of at least 4 members (excludes halogenated alkanes) is 1. The Hall–Kier alpha value is -0.810. The molecule has 0 bridgehead atoms. The minimum Gasteiger partial charge on any atom is -0.317 e. The first-order chi connectivity index (χ1) is 8.11. The van der Waals surface area contributed by atoms with E-state index in [1.165, 1.54) is 18.9 Å². The van der Waals surface area contributed by atoms with E-state index in [2.05, 4.69) is 22.2 Å². The molecular formula is C12H21N3OS. The van der Waals surface area contributed by atoms with Gasteiger partial charge < -0.3 is 10.3 Å². The van der Waals surface area contributed by atoms with Gasteiger partial charge in [0.15, 0.2) is 5.16 Å². The molecule has 1 unspecified atom stereocenters. The summed E-state index contributed by atoms with van der Waals surface area (Å²) in [5.41, 5.74) is 0.712. The van der Waals surface area contributed by atoms with Gasteiger partial charge in [-0.05, 0) is 33.7 Å². The average Bonchev–Trinajstić information content (AvgIpc) is 2.27. The Morgan fingerprint density at radius 1 is 1.53 bits per heavy atom. The van der Waals surface area contributed by atoms with Crippen LogP contribution in [0.2, 0.25) is 0 Å². The lowest BCUT2D eigenvalue weighted by Crippen LogP contribution is -2.20. The molecule has 1 aromatic rings. The highest BCUT2D eigenvalue weighted by atomic mass is 32.2. The van der Waals surface area contributed by atoms with Crippen LogP contribution in [-0.4, -0.2) is 28.8 Å². The maximum Gasteiger partial charge on any atom is 0.251 e. The zero-order valence-electron chi connectivity index (χ0n) is 10.7. The number of H-pyrrole nitrogens is 1. The van der Waals surface area contributed by atoms with Gasteiger partial charge in [0.2, 0.25) is 0 Å². The van der Waals surface area contributed by atoms with Crippen molar-refractivity contribution >= 4 is 11.8 Å². The third kappa shape index (κ3) is 5.89. The van der Waals surface area contributed by atoms with E-state index in [9.17, 15) is 4.79 Å². The van der Waals surface area contributed by atoms with Crippen LogP contribution in [0.25, 0.3) is 0 Å². The lowest BCUT2D eigenvalue weighted by molar-refractivity contribution is 0.538. The first kappa shape index (κ1) is 14.3. The molecule has 1 rings (SSSR count). The number of thioether (sulfide) groups is 1. The number of nitrogens with zero attached hydrogens (tertiary/aromatic N) is 1. The fourth-order valence-corrected chi connectivity index (χ4v) is 2.41. The summed E-state index contributed by atoms with van der Waals surface area (Å²) in [7, 11) is 1.99. The standard InChI is InChI=1S/C12H21N3OS/c1-9(13-3)6-4-5-7-17-12-14-10(2)8-11(16)15-12/h8-9,13H,4-7H2,1-3H3,(H,14,15,16). The molecule has 5 heteroatoms. The topological polar surface area (TPSA) is 57.8 Å². The second-order valence-electron chi connectivity index (χ2n) is 4.23. The summed E-state index contributed by atoms with van der Waals surface area (Å²) in [5, 5.41) is 3.95. The van der Waals surface area contributed by atoms with Gasteiger partial charge in [-0.15, -0.1) is 0 Å². The van der Waals surface area contributed by atoms with Crippen LogP contribution in [0.5, 0.6) is 0 Å². The maximum atomic E-state index is 11.2. The molecule has 0 aliphatic carbocycles. The quantitative estimate of drug-likeness (QED) is 0.444. The van der Waals surface area contributed by atoms with E-state index < -0.39 is 0 Å². The fraction of sp³-hybridized carbons (Fsp3) is 0.667. The van der Waals surface area contributed by atoms with Crippen LogP contribution in [0.1, 0.15) is 31.9 Å². The first-order valence-corrected chi connectivity index (χ1v) is 6.98. The molecule has 96 valence electrons. The fourth-order valence-electron chi connectivity index (χ4n) is 1.49. The van der Waals surface area contributed by atoms with Crippen LogP contribution in [0.3, 0.4) is 0 Å². The molecule has 2 N–H and O–H groups in total. The summed E-state index contributed by atoms with van der Waals surface area (Å²) in [4.78, 5) is 18.2. The number of hydrogen-bond donors (Lipinski definition) is 2. The molecule has 1 heterocycles. The molecule has 0 aliphatic rings. The monoisotopic (exact) mass is 255 g/mol. The van der Waals surface area contributed by atoms with E-state index in [0.29, 0.717) is 6.04 Å². The van der Waals surface area contributed by atoms with Crippen molar-refractivity contribution in [2.24, 2.45) is 0 Å². The van der Waals surface area contributed by atoms with Crippen molar-refractivity contribution in [2.45, 2.75) is 44.3 Å². The summed E-state index contributed by atoms with van der Waals surface area (Å²) in [5.74, 6) is 1.00. The summed E-state index contributed by atoms with van der Waals surface area (Å²) < 4.78 is 0. The third-order valence-corrected chi connectivity index (χ3v) is 3.57. The summed E-state index contributed by atoms with van der Waals surface area (Å²) in [6.45, 7) is 4.03. The largest absolute Gasteiger partial charge is 0.317 e. The first-order valence-electron chi connectivity index (χ1n) is 6.00. The molecule has 4 nitrogen and oxygen atoms in total. The second kappa shape index (κ2) is 7.50. The lowest BCUT2D eigenvalue weighted by atomic mass is 10.1. The molecule has 0 radical (unpaired) electrons. The highest BCUT2D eigenvalue weighted by Gasteiger charge is 2.00. The van der Waals surface area contributed by atoms with E-state index in [-0.39, 0.29) is 5.56 Å². The molecule has 0 amide bonds. The van der Waals surface area contributed by atoms with Crippen LogP contribution >= 0.6 is 11.8 Å². The second-order valence-corrected chi connectivity index (χ2v) is 5.31. The zero-order valence-corrected chi connectivity index (χ0v) is 11.6. The number of hydrogen-bond acceptors (Lipinski definition) is 4. The molecule has 0 fully saturated rings. The van der Waals surface area contributed by atoms with Gasteiger partial charge in [0.1, 0.15) is 0 Å². The van der Waals surface area contributed by atoms with Crippen molar-refractivity contribution in [2.75, 3.05) is 12.8 Å².